The molecule has 4 atom stereocenters. The van der Waals surface area contributed by atoms with Gasteiger partial charge in [-0.1, -0.05) is 6.92 Å². The molecule has 0 spiro atoms. The zero-order valence-corrected chi connectivity index (χ0v) is 10.8. The number of hydrogen-bond acceptors (Lipinski definition) is 6. The standard InChI is InChI=1S/C12H16N4O3/c1-3-7-8-11(14-4-13-7)16(5-15-8)12-10(18)9(17)6(2)19-12/h4-6,9-10,12,17-18H,3H2,1-2H3/t6-,9-,10-,12-/m1/s1. The van der Waals surface area contributed by atoms with Gasteiger partial charge in [-0.2, -0.15) is 0 Å². The molecule has 1 aliphatic heterocycles. The zero-order chi connectivity index (χ0) is 13.6. The zero-order valence-electron chi connectivity index (χ0n) is 10.8. The molecular formula is C12H16N4O3. The van der Waals surface area contributed by atoms with E-state index in [1.807, 2.05) is 6.92 Å². The van der Waals surface area contributed by atoms with Crippen LogP contribution in [-0.4, -0.2) is 48.0 Å². The van der Waals surface area contributed by atoms with Gasteiger partial charge in [0.05, 0.1) is 18.1 Å². The number of rotatable bonds is 2. The number of fused-ring (bicyclic) bond motifs is 1. The Morgan fingerprint density at radius 1 is 1.26 bits per heavy atom. The minimum Gasteiger partial charge on any atom is -0.388 e. The fourth-order valence-corrected chi connectivity index (χ4v) is 2.40. The average Bonchev–Trinajstić information content (AvgIpc) is 2.95. The Labute approximate surface area is 109 Å². The molecule has 1 fully saturated rings. The smallest absolute Gasteiger partial charge is 0.165 e. The van der Waals surface area contributed by atoms with Crippen molar-refractivity contribution in [2.75, 3.05) is 0 Å². The second kappa shape index (κ2) is 4.52. The molecule has 19 heavy (non-hydrogen) atoms. The third-order valence-electron chi connectivity index (χ3n) is 3.52. The maximum atomic E-state index is 10.0. The van der Waals surface area contributed by atoms with E-state index < -0.39 is 24.5 Å². The Bertz CT molecular complexity index is 600. The molecule has 0 radical (unpaired) electrons. The van der Waals surface area contributed by atoms with Crippen molar-refractivity contribution in [3.8, 4) is 0 Å². The molecule has 0 aliphatic carbocycles. The van der Waals surface area contributed by atoms with Crippen LogP contribution in [0, 0.1) is 0 Å². The number of imidazole rings is 1. The van der Waals surface area contributed by atoms with Crippen LogP contribution in [0.5, 0.6) is 0 Å². The Balaban J connectivity index is 2.07. The van der Waals surface area contributed by atoms with E-state index in [1.165, 1.54) is 6.33 Å². The van der Waals surface area contributed by atoms with Crippen LogP contribution >= 0.6 is 0 Å². The summed E-state index contributed by atoms with van der Waals surface area (Å²) in [6.07, 6.45) is 0.794. The van der Waals surface area contributed by atoms with Gasteiger partial charge >= 0.3 is 0 Å². The van der Waals surface area contributed by atoms with E-state index in [0.717, 1.165) is 12.1 Å². The van der Waals surface area contributed by atoms with Gasteiger partial charge in [0, 0.05) is 0 Å². The topological polar surface area (TPSA) is 93.3 Å². The third kappa shape index (κ3) is 1.81. The number of nitrogens with zero attached hydrogens (tertiary/aromatic N) is 4. The highest BCUT2D eigenvalue weighted by molar-refractivity contribution is 5.73. The van der Waals surface area contributed by atoms with Gasteiger partial charge in [-0.15, -0.1) is 0 Å². The Morgan fingerprint density at radius 2 is 2.05 bits per heavy atom. The van der Waals surface area contributed by atoms with Gasteiger partial charge < -0.3 is 14.9 Å². The molecule has 2 aromatic rings. The predicted molar refractivity (Wildman–Crippen MR) is 66.3 cm³/mol. The lowest BCUT2D eigenvalue weighted by Crippen LogP contribution is -2.30. The van der Waals surface area contributed by atoms with Crippen molar-refractivity contribution < 1.29 is 14.9 Å². The Morgan fingerprint density at radius 3 is 2.68 bits per heavy atom. The first kappa shape index (κ1) is 12.5. The van der Waals surface area contributed by atoms with Crippen LogP contribution in [0.2, 0.25) is 0 Å². The van der Waals surface area contributed by atoms with Gasteiger partial charge in [-0.3, -0.25) is 4.57 Å². The largest absolute Gasteiger partial charge is 0.388 e. The highest BCUT2D eigenvalue weighted by atomic mass is 16.6. The SMILES string of the molecule is CCc1ncnc2c1ncn2[C@@H]1O[C@H](C)[C@@H](O)[C@H]1O. The lowest BCUT2D eigenvalue weighted by atomic mass is 10.1. The summed E-state index contributed by atoms with van der Waals surface area (Å²) < 4.78 is 7.22. The first-order valence-corrected chi connectivity index (χ1v) is 6.31. The number of aryl methyl sites for hydroxylation is 1. The third-order valence-corrected chi connectivity index (χ3v) is 3.52. The molecule has 0 bridgehead atoms. The molecule has 3 rings (SSSR count). The van der Waals surface area contributed by atoms with Gasteiger partial charge in [0.2, 0.25) is 0 Å². The van der Waals surface area contributed by atoms with Crippen molar-refractivity contribution >= 4 is 11.2 Å². The summed E-state index contributed by atoms with van der Waals surface area (Å²) in [5.41, 5.74) is 2.16. The summed E-state index contributed by atoms with van der Waals surface area (Å²) in [6, 6.07) is 0. The molecule has 2 N–H and O–H groups in total. The number of aromatic nitrogens is 4. The molecule has 0 saturated carbocycles. The van der Waals surface area contributed by atoms with Crippen molar-refractivity contribution in [2.24, 2.45) is 0 Å². The number of aliphatic hydroxyl groups is 2. The molecule has 0 amide bonds. The Hall–Kier alpha value is -1.57. The van der Waals surface area contributed by atoms with E-state index in [1.54, 1.807) is 17.8 Å². The molecule has 3 heterocycles. The van der Waals surface area contributed by atoms with Crippen LogP contribution < -0.4 is 0 Å². The van der Waals surface area contributed by atoms with Crippen molar-refractivity contribution in [3.63, 3.8) is 0 Å². The summed E-state index contributed by atoms with van der Waals surface area (Å²) in [5, 5.41) is 19.8. The fraction of sp³-hybridized carbons (Fsp3) is 0.583. The highest BCUT2D eigenvalue weighted by Crippen LogP contribution is 2.31. The van der Waals surface area contributed by atoms with Crippen LogP contribution in [0.15, 0.2) is 12.7 Å². The monoisotopic (exact) mass is 264 g/mol. The van der Waals surface area contributed by atoms with Gasteiger partial charge in [-0.05, 0) is 13.3 Å². The van der Waals surface area contributed by atoms with E-state index in [0.29, 0.717) is 11.2 Å². The fourth-order valence-electron chi connectivity index (χ4n) is 2.40. The first-order valence-electron chi connectivity index (χ1n) is 6.31. The highest BCUT2D eigenvalue weighted by Gasteiger charge is 2.41. The molecule has 1 saturated heterocycles. The summed E-state index contributed by atoms with van der Waals surface area (Å²) in [4.78, 5) is 12.7. The minimum absolute atomic E-state index is 0.426. The van der Waals surface area contributed by atoms with Gasteiger partial charge in [-0.25, -0.2) is 15.0 Å². The molecule has 0 aromatic carbocycles. The molecular weight excluding hydrogens is 248 g/mol. The van der Waals surface area contributed by atoms with Crippen molar-refractivity contribution in [3.05, 3.63) is 18.3 Å². The molecule has 2 aromatic heterocycles. The number of aliphatic hydroxyl groups excluding tert-OH is 2. The maximum absolute atomic E-state index is 10.0. The maximum Gasteiger partial charge on any atom is 0.165 e. The lowest BCUT2D eigenvalue weighted by Gasteiger charge is -2.16. The normalized spacial score (nSPS) is 31.2. The second-order valence-electron chi connectivity index (χ2n) is 4.71. The van der Waals surface area contributed by atoms with Crippen LogP contribution in [0.25, 0.3) is 11.2 Å². The van der Waals surface area contributed by atoms with Gasteiger partial charge in [0.25, 0.3) is 0 Å². The minimum atomic E-state index is -0.993. The van der Waals surface area contributed by atoms with Gasteiger partial charge in [0.15, 0.2) is 11.9 Å². The molecule has 1 aliphatic rings. The van der Waals surface area contributed by atoms with E-state index >= 15 is 0 Å². The second-order valence-corrected chi connectivity index (χ2v) is 4.71. The summed E-state index contributed by atoms with van der Waals surface area (Å²) in [5.74, 6) is 0. The summed E-state index contributed by atoms with van der Waals surface area (Å²) in [7, 11) is 0. The van der Waals surface area contributed by atoms with E-state index in [-0.39, 0.29) is 0 Å². The molecule has 7 heteroatoms. The van der Waals surface area contributed by atoms with E-state index in [9.17, 15) is 10.2 Å². The molecule has 102 valence electrons. The van der Waals surface area contributed by atoms with Crippen molar-refractivity contribution in [1.29, 1.82) is 0 Å². The predicted octanol–water partition coefficient (Wildman–Crippen LogP) is 0.0278. The van der Waals surface area contributed by atoms with Crippen LogP contribution in [0.3, 0.4) is 0 Å². The van der Waals surface area contributed by atoms with Crippen LogP contribution in [0.4, 0.5) is 0 Å². The van der Waals surface area contributed by atoms with Gasteiger partial charge in [0.1, 0.15) is 24.1 Å². The van der Waals surface area contributed by atoms with Crippen molar-refractivity contribution in [2.45, 2.75) is 44.8 Å². The Kier molecular flexibility index (Phi) is 2.96. The summed E-state index contributed by atoms with van der Waals surface area (Å²) >= 11 is 0. The van der Waals surface area contributed by atoms with Crippen molar-refractivity contribution in [1.82, 2.24) is 19.5 Å². The molecule has 0 unspecified atom stereocenters. The number of hydrogen-bond donors (Lipinski definition) is 2. The van der Waals surface area contributed by atoms with E-state index in [4.69, 9.17) is 4.74 Å². The molecule has 7 nitrogen and oxygen atoms in total. The summed E-state index contributed by atoms with van der Waals surface area (Å²) in [6.45, 7) is 3.72. The number of ether oxygens (including phenoxy) is 1. The quantitative estimate of drug-likeness (QED) is 0.794. The van der Waals surface area contributed by atoms with Crippen LogP contribution in [-0.2, 0) is 11.2 Å². The van der Waals surface area contributed by atoms with Crippen LogP contribution in [0.1, 0.15) is 25.8 Å². The lowest BCUT2D eigenvalue weighted by molar-refractivity contribution is -0.0299. The first-order chi connectivity index (χ1) is 9.13. The average molecular weight is 264 g/mol. The van der Waals surface area contributed by atoms with E-state index in [2.05, 4.69) is 15.0 Å².